The van der Waals surface area contributed by atoms with E-state index < -0.39 is 6.09 Å². The standard InChI is InChI=1S/C18H18N4O4/c1-12-15(7-19-22(12)14-5-3-2-4-6-14)17(24)20-8-13(9-20)10-21-16(23)11-26-18(21)25/h2-7,13H,8-11H2,1H3. The van der Waals surface area contributed by atoms with Crippen LogP contribution in [0, 0.1) is 12.8 Å². The number of aromatic nitrogens is 2. The van der Waals surface area contributed by atoms with Crippen molar-refractivity contribution in [1.82, 2.24) is 19.6 Å². The fraction of sp³-hybridized carbons (Fsp3) is 0.333. The summed E-state index contributed by atoms with van der Waals surface area (Å²) in [5, 5.41) is 4.33. The Morgan fingerprint density at radius 1 is 1.23 bits per heavy atom. The van der Waals surface area contributed by atoms with E-state index in [1.54, 1.807) is 15.8 Å². The van der Waals surface area contributed by atoms with Crippen LogP contribution in [0.25, 0.3) is 5.69 Å². The molecule has 3 amide bonds. The molecule has 0 saturated carbocycles. The van der Waals surface area contributed by atoms with Gasteiger partial charge in [-0.25, -0.2) is 14.4 Å². The van der Waals surface area contributed by atoms with Crippen LogP contribution >= 0.6 is 0 Å². The van der Waals surface area contributed by atoms with Gasteiger partial charge >= 0.3 is 6.09 Å². The molecule has 134 valence electrons. The molecule has 2 aliphatic heterocycles. The number of ether oxygens (including phenoxy) is 1. The van der Waals surface area contributed by atoms with Gasteiger partial charge in [0.25, 0.3) is 11.8 Å². The Kier molecular flexibility index (Phi) is 3.95. The molecule has 0 unspecified atom stereocenters. The molecular formula is C18H18N4O4. The molecule has 2 fully saturated rings. The number of carbonyl (C=O) groups is 3. The average molecular weight is 354 g/mol. The van der Waals surface area contributed by atoms with Gasteiger partial charge in [0.15, 0.2) is 6.61 Å². The fourth-order valence-electron chi connectivity index (χ4n) is 3.29. The van der Waals surface area contributed by atoms with Gasteiger partial charge in [-0.2, -0.15) is 5.10 Å². The number of hydrogen-bond acceptors (Lipinski definition) is 5. The number of rotatable bonds is 4. The highest BCUT2D eigenvalue weighted by molar-refractivity contribution is 5.98. The van der Waals surface area contributed by atoms with Crippen LogP contribution in [0.5, 0.6) is 0 Å². The molecular weight excluding hydrogens is 336 g/mol. The minimum Gasteiger partial charge on any atom is -0.439 e. The van der Waals surface area contributed by atoms with Crippen molar-refractivity contribution in [2.75, 3.05) is 26.2 Å². The highest BCUT2D eigenvalue weighted by Gasteiger charge is 2.39. The number of amides is 3. The molecule has 3 heterocycles. The van der Waals surface area contributed by atoms with E-state index in [0.29, 0.717) is 25.2 Å². The summed E-state index contributed by atoms with van der Waals surface area (Å²) in [6, 6.07) is 9.63. The molecule has 4 rings (SSSR count). The van der Waals surface area contributed by atoms with Gasteiger partial charge in [-0.3, -0.25) is 9.59 Å². The lowest BCUT2D eigenvalue weighted by atomic mass is 9.98. The maximum atomic E-state index is 12.7. The Labute approximate surface area is 149 Å². The highest BCUT2D eigenvalue weighted by atomic mass is 16.6. The number of carbonyl (C=O) groups excluding carboxylic acids is 3. The van der Waals surface area contributed by atoms with Gasteiger partial charge in [-0.05, 0) is 19.1 Å². The van der Waals surface area contributed by atoms with E-state index in [9.17, 15) is 14.4 Å². The second-order valence-corrected chi connectivity index (χ2v) is 6.53. The van der Waals surface area contributed by atoms with Crippen molar-refractivity contribution >= 4 is 17.9 Å². The van der Waals surface area contributed by atoms with Crippen LogP contribution in [0.3, 0.4) is 0 Å². The van der Waals surface area contributed by atoms with Crippen molar-refractivity contribution in [2.45, 2.75) is 6.92 Å². The van der Waals surface area contributed by atoms with E-state index in [0.717, 1.165) is 16.3 Å². The first-order valence-corrected chi connectivity index (χ1v) is 8.41. The second-order valence-electron chi connectivity index (χ2n) is 6.53. The summed E-state index contributed by atoms with van der Waals surface area (Å²) in [7, 11) is 0. The predicted molar refractivity (Wildman–Crippen MR) is 90.8 cm³/mol. The number of nitrogens with zero attached hydrogens (tertiary/aromatic N) is 4. The number of imide groups is 1. The van der Waals surface area contributed by atoms with Crippen molar-refractivity contribution in [3.63, 3.8) is 0 Å². The third-order valence-corrected chi connectivity index (χ3v) is 4.77. The average Bonchev–Trinajstić information content (AvgIpc) is 3.14. The largest absolute Gasteiger partial charge is 0.439 e. The van der Waals surface area contributed by atoms with Crippen molar-refractivity contribution in [3.05, 3.63) is 47.8 Å². The summed E-state index contributed by atoms with van der Waals surface area (Å²) < 4.78 is 6.44. The van der Waals surface area contributed by atoms with Crippen LogP contribution in [-0.4, -0.2) is 63.7 Å². The minimum absolute atomic E-state index is 0.0815. The Bertz CT molecular complexity index is 855. The molecule has 2 saturated heterocycles. The van der Waals surface area contributed by atoms with Crippen LogP contribution in [-0.2, 0) is 9.53 Å². The lowest BCUT2D eigenvalue weighted by Crippen LogP contribution is -2.54. The van der Waals surface area contributed by atoms with Crippen molar-refractivity contribution in [3.8, 4) is 5.69 Å². The van der Waals surface area contributed by atoms with Crippen LogP contribution in [0.4, 0.5) is 4.79 Å². The van der Waals surface area contributed by atoms with Crippen LogP contribution in [0.15, 0.2) is 36.5 Å². The van der Waals surface area contributed by atoms with Crippen LogP contribution in [0.1, 0.15) is 16.1 Å². The van der Waals surface area contributed by atoms with E-state index in [-0.39, 0.29) is 24.3 Å². The van der Waals surface area contributed by atoms with Crippen molar-refractivity contribution in [1.29, 1.82) is 0 Å². The summed E-state index contributed by atoms with van der Waals surface area (Å²) >= 11 is 0. The Morgan fingerprint density at radius 2 is 1.96 bits per heavy atom. The molecule has 2 aromatic rings. The van der Waals surface area contributed by atoms with Gasteiger partial charge in [-0.15, -0.1) is 0 Å². The molecule has 2 aliphatic rings. The SMILES string of the molecule is Cc1c(C(=O)N2CC(CN3C(=O)COC3=O)C2)cnn1-c1ccccc1. The van der Waals surface area contributed by atoms with Gasteiger partial charge in [0.05, 0.1) is 23.1 Å². The molecule has 8 heteroatoms. The summed E-state index contributed by atoms with van der Waals surface area (Å²) in [5.74, 6) is -0.325. The maximum absolute atomic E-state index is 12.7. The van der Waals surface area contributed by atoms with E-state index in [4.69, 9.17) is 4.74 Å². The molecule has 0 radical (unpaired) electrons. The number of para-hydroxylation sites is 1. The first-order chi connectivity index (χ1) is 12.5. The Hall–Kier alpha value is -3.16. The van der Waals surface area contributed by atoms with E-state index in [2.05, 4.69) is 5.10 Å². The van der Waals surface area contributed by atoms with Crippen molar-refractivity contribution < 1.29 is 19.1 Å². The number of likely N-dealkylation sites (tertiary alicyclic amines) is 1. The fourth-order valence-corrected chi connectivity index (χ4v) is 3.29. The first-order valence-electron chi connectivity index (χ1n) is 8.41. The topological polar surface area (TPSA) is 84.7 Å². The zero-order valence-corrected chi connectivity index (χ0v) is 14.3. The molecule has 26 heavy (non-hydrogen) atoms. The third-order valence-electron chi connectivity index (χ3n) is 4.77. The second kappa shape index (κ2) is 6.29. The van der Waals surface area contributed by atoms with E-state index in [1.807, 2.05) is 37.3 Å². The highest BCUT2D eigenvalue weighted by Crippen LogP contribution is 2.23. The molecule has 0 N–H and O–H groups in total. The summed E-state index contributed by atoms with van der Waals surface area (Å²) in [6.45, 7) is 2.98. The zero-order chi connectivity index (χ0) is 18.3. The molecule has 1 aromatic heterocycles. The van der Waals surface area contributed by atoms with Crippen LogP contribution in [0.2, 0.25) is 0 Å². The minimum atomic E-state index is -0.597. The first kappa shape index (κ1) is 16.3. The lowest BCUT2D eigenvalue weighted by Gasteiger charge is -2.40. The third kappa shape index (κ3) is 2.73. The number of cyclic esters (lactones) is 1. The van der Waals surface area contributed by atoms with Gasteiger partial charge in [-0.1, -0.05) is 18.2 Å². The normalized spacial score (nSPS) is 17.4. The molecule has 0 aliphatic carbocycles. The Morgan fingerprint density at radius 3 is 2.62 bits per heavy atom. The predicted octanol–water partition coefficient (Wildman–Crippen LogP) is 1.23. The van der Waals surface area contributed by atoms with Crippen LogP contribution < -0.4 is 0 Å². The quantitative estimate of drug-likeness (QED) is 0.824. The molecule has 0 atom stereocenters. The van der Waals surface area contributed by atoms with Gasteiger partial charge in [0, 0.05) is 25.6 Å². The maximum Gasteiger partial charge on any atom is 0.417 e. The van der Waals surface area contributed by atoms with Crippen molar-refractivity contribution in [2.24, 2.45) is 5.92 Å². The Balaban J connectivity index is 1.40. The number of benzene rings is 1. The van der Waals surface area contributed by atoms with Gasteiger partial charge < -0.3 is 9.64 Å². The smallest absolute Gasteiger partial charge is 0.417 e. The molecule has 0 spiro atoms. The summed E-state index contributed by atoms with van der Waals surface area (Å²) in [5.41, 5.74) is 2.24. The zero-order valence-electron chi connectivity index (χ0n) is 14.3. The number of hydrogen-bond donors (Lipinski definition) is 0. The summed E-state index contributed by atoms with van der Waals surface area (Å²) in [6.07, 6.45) is 0.985. The van der Waals surface area contributed by atoms with E-state index >= 15 is 0 Å². The molecule has 0 bridgehead atoms. The van der Waals surface area contributed by atoms with Gasteiger partial charge in [0.2, 0.25) is 0 Å². The van der Waals surface area contributed by atoms with E-state index in [1.165, 1.54) is 0 Å². The molecule has 1 aromatic carbocycles. The monoisotopic (exact) mass is 354 g/mol. The van der Waals surface area contributed by atoms with Gasteiger partial charge in [0.1, 0.15) is 0 Å². The lowest BCUT2D eigenvalue weighted by molar-refractivity contribution is -0.126. The summed E-state index contributed by atoms with van der Waals surface area (Å²) in [4.78, 5) is 38.6. The molecule has 8 nitrogen and oxygen atoms in total.